The number of benzene rings is 1. The van der Waals surface area contributed by atoms with Gasteiger partial charge in [-0.1, -0.05) is 35.8 Å². The molecule has 2 bridgehead atoms. The number of carboxylic acid groups (broad SMARTS) is 1. The number of amides is 1. The molecule has 0 spiro atoms. The highest BCUT2D eigenvalue weighted by Gasteiger charge is 2.51. The average Bonchev–Trinajstić information content (AvgIpc) is 3.20. The van der Waals surface area contributed by atoms with Crippen LogP contribution in [0.4, 0.5) is 4.79 Å². The Morgan fingerprint density at radius 1 is 1.17 bits per heavy atom. The highest BCUT2D eigenvalue weighted by atomic mass is 16.6. The summed E-state index contributed by atoms with van der Waals surface area (Å²) >= 11 is 0. The summed E-state index contributed by atoms with van der Waals surface area (Å²) in [4.78, 5) is 25.4. The topological polar surface area (TPSA) is 102 Å². The first-order valence-electron chi connectivity index (χ1n) is 12.6. The highest BCUT2D eigenvalue weighted by molar-refractivity contribution is 5.69. The molecular formula is C27H34N2O6. The molecule has 2 saturated heterocycles. The summed E-state index contributed by atoms with van der Waals surface area (Å²) in [6.45, 7) is 3.26. The third kappa shape index (κ3) is 4.68. The van der Waals surface area contributed by atoms with Crippen molar-refractivity contribution in [2.45, 2.75) is 75.9 Å². The van der Waals surface area contributed by atoms with E-state index in [0.717, 1.165) is 43.4 Å². The Kier molecular flexibility index (Phi) is 6.34. The van der Waals surface area contributed by atoms with E-state index in [1.165, 1.54) is 24.8 Å². The second-order valence-corrected chi connectivity index (χ2v) is 10.7. The van der Waals surface area contributed by atoms with Gasteiger partial charge >= 0.3 is 12.1 Å². The monoisotopic (exact) mass is 482 g/mol. The molecule has 35 heavy (non-hydrogen) atoms. The van der Waals surface area contributed by atoms with Gasteiger partial charge in [0.15, 0.2) is 5.76 Å². The molecule has 2 aromatic rings. The van der Waals surface area contributed by atoms with Crippen LogP contribution in [-0.4, -0.2) is 53.0 Å². The standard InChI is InChI=1S/C27H34N2O6/c1-18-22(16-33-25(32)29(2)15-19-4-3-5-19)24(35-28-18)20-6-8-21(9-7-20)26-10-12-27(13-11-26,34-17-26)14-23(30)31/h6-9,19H,3-5,10-17H2,1-2H3,(H,30,31). The van der Waals surface area contributed by atoms with Crippen LogP contribution in [0, 0.1) is 12.8 Å². The predicted octanol–water partition coefficient (Wildman–Crippen LogP) is 5.07. The first-order valence-corrected chi connectivity index (χ1v) is 12.6. The van der Waals surface area contributed by atoms with Crippen LogP contribution >= 0.6 is 0 Å². The van der Waals surface area contributed by atoms with Crippen molar-refractivity contribution in [2.24, 2.45) is 5.92 Å². The predicted molar refractivity (Wildman–Crippen MR) is 128 cm³/mol. The minimum Gasteiger partial charge on any atom is -0.481 e. The normalized spacial score (nSPS) is 25.8. The van der Waals surface area contributed by atoms with Gasteiger partial charge in [-0.2, -0.15) is 0 Å². The molecule has 0 unspecified atom stereocenters. The zero-order valence-corrected chi connectivity index (χ0v) is 20.5. The van der Waals surface area contributed by atoms with Gasteiger partial charge < -0.3 is 24.0 Å². The van der Waals surface area contributed by atoms with Gasteiger partial charge in [-0.3, -0.25) is 4.79 Å². The van der Waals surface area contributed by atoms with E-state index >= 15 is 0 Å². The van der Waals surface area contributed by atoms with Crippen molar-refractivity contribution in [3.05, 3.63) is 41.1 Å². The number of fused-ring (bicyclic) bond motifs is 3. The van der Waals surface area contributed by atoms with Crippen LogP contribution in [0.5, 0.6) is 0 Å². The molecule has 1 N–H and O–H groups in total. The molecule has 2 aliphatic heterocycles. The summed E-state index contributed by atoms with van der Waals surface area (Å²) in [6, 6.07) is 8.25. The molecule has 6 rings (SSSR count). The van der Waals surface area contributed by atoms with Crippen molar-refractivity contribution in [1.29, 1.82) is 0 Å². The fourth-order valence-electron chi connectivity index (χ4n) is 5.78. The first kappa shape index (κ1) is 23.9. The zero-order chi connectivity index (χ0) is 24.6. The van der Waals surface area contributed by atoms with Crippen LogP contribution in [-0.2, 0) is 26.3 Å². The maximum absolute atomic E-state index is 12.5. The highest BCUT2D eigenvalue weighted by Crippen LogP contribution is 2.51. The van der Waals surface area contributed by atoms with Gasteiger partial charge in [0.2, 0.25) is 0 Å². The van der Waals surface area contributed by atoms with Gasteiger partial charge in [-0.25, -0.2) is 4.79 Å². The second kappa shape index (κ2) is 9.30. The number of hydrogen-bond acceptors (Lipinski definition) is 6. The van der Waals surface area contributed by atoms with E-state index in [2.05, 4.69) is 17.3 Å². The molecule has 4 fully saturated rings. The van der Waals surface area contributed by atoms with Crippen LogP contribution in [0.2, 0.25) is 0 Å². The Hall–Kier alpha value is -2.87. The van der Waals surface area contributed by atoms with Crippen molar-refractivity contribution < 1.29 is 28.7 Å². The Labute approximate surface area is 205 Å². The molecule has 4 aliphatic rings. The minimum absolute atomic E-state index is 0.0699. The van der Waals surface area contributed by atoms with Gasteiger partial charge in [0.1, 0.15) is 6.61 Å². The van der Waals surface area contributed by atoms with Crippen molar-refractivity contribution in [3.63, 3.8) is 0 Å². The van der Waals surface area contributed by atoms with E-state index in [0.29, 0.717) is 24.0 Å². The third-order valence-corrected chi connectivity index (χ3v) is 8.40. The number of carbonyl (C=O) groups is 2. The molecule has 8 nitrogen and oxygen atoms in total. The smallest absolute Gasteiger partial charge is 0.409 e. The summed E-state index contributed by atoms with van der Waals surface area (Å²) in [5, 5.41) is 13.4. The number of aromatic nitrogens is 1. The fraction of sp³-hybridized carbons (Fsp3) is 0.593. The van der Waals surface area contributed by atoms with Gasteiger partial charge in [-0.05, 0) is 56.9 Å². The number of hydrogen-bond donors (Lipinski definition) is 1. The number of nitrogens with zero attached hydrogens (tertiary/aromatic N) is 2. The number of aliphatic carboxylic acids is 1. The molecule has 1 aromatic carbocycles. The number of carbonyl (C=O) groups excluding carboxylic acids is 1. The van der Waals surface area contributed by atoms with E-state index in [-0.39, 0.29) is 24.5 Å². The van der Waals surface area contributed by atoms with Gasteiger partial charge in [-0.15, -0.1) is 0 Å². The summed E-state index contributed by atoms with van der Waals surface area (Å²) in [5.74, 6) is 0.411. The number of rotatable bonds is 8. The fourth-order valence-corrected chi connectivity index (χ4v) is 5.78. The maximum Gasteiger partial charge on any atom is 0.409 e. The molecule has 1 aromatic heterocycles. The van der Waals surface area contributed by atoms with Gasteiger partial charge in [0.25, 0.3) is 0 Å². The lowest BCUT2D eigenvalue weighted by molar-refractivity contribution is -0.174. The van der Waals surface area contributed by atoms with Crippen LogP contribution in [0.3, 0.4) is 0 Å². The lowest BCUT2D eigenvalue weighted by Gasteiger charge is -2.53. The molecule has 0 atom stereocenters. The summed E-state index contributed by atoms with van der Waals surface area (Å²) < 4.78 is 17.3. The first-order chi connectivity index (χ1) is 16.8. The van der Waals surface area contributed by atoms with Crippen LogP contribution in [0.1, 0.15) is 68.2 Å². The summed E-state index contributed by atoms with van der Waals surface area (Å²) in [5.41, 5.74) is 3.00. The van der Waals surface area contributed by atoms with Crippen LogP contribution < -0.4 is 0 Å². The summed E-state index contributed by atoms with van der Waals surface area (Å²) in [7, 11) is 1.78. The van der Waals surface area contributed by atoms with Crippen molar-refractivity contribution >= 4 is 12.1 Å². The Bertz CT molecular complexity index is 1060. The SMILES string of the molecule is Cc1noc(-c2ccc(C34CCC(CC(=O)O)(CC3)OC4)cc2)c1COC(=O)N(C)CC1CCC1. The van der Waals surface area contributed by atoms with Gasteiger partial charge in [0, 0.05) is 24.6 Å². The number of ether oxygens (including phenoxy) is 2. The van der Waals surface area contributed by atoms with E-state index < -0.39 is 11.6 Å². The quantitative estimate of drug-likeness (QED) is 0.560. The molecule has 1 amide bonds. The molecule has 8 heteroatoms. The summed E-state index contributed by atoms with van der Waals surface area (Å²) in [6.07, 6.45) is 6.75. The molecule has 2 aliphatic carbocycles. The molecule has 3 heterocycles. The lowest BCUT2D eigenvalue weighted by Crippen LogP contribution is -2.54. The van der Waals surface area contributed by atoms with Crippen molar-refractivity contribution in [3.8, 4) is 11.3 Å². The molecule has 2 saturated carbocycles. The van der Waals surface area contributed by atoms with Gasteiger partial charge in [0.05, 0.1) is 29.9 Å². The average molecular weight is 483 g/mol. The van der Waals surface area contributed by atoms with Crippen LogP contribution in [0.25, 0.3) is 11.3 Å². The third-order valence-electron chi connectivity index (χ3n) is 8.40. The van der Waals surface area contributed by atoms with E-state index in [4.69, 9.17) is 14.0 Å². The van der Waals surface area contributed by atoms with E-state index in [9.17, 15) is 14.7 Å². The lowest BCUT2D eigenvalue weighted by atomic mass is 9.62. The second-order valence-electron chi connectivity index (χ2n) is 10.7. The van der Waals surface area contributed by atoms with E-state index in [1.807, 2.05) is 19.1 Å². The van der Waals surface area contributed by atoms with Crippen molar-refractivity contribution in [2.75, 3.05) is 20.2 Å². The zero-order valence-electron chi connectivity index (χ0n) is 20.5. The number of aryl methyl sites for hydroxylation is 1. The Morgan fingerprint density at radius 2 is 1.89 bits per heavy atom. The van der Waals surface area contributed by atoms with Crippen molar-refractivity contribution in [1.82, 2.24) is 10.1 Å². The molecule has 0 radical (unpaired) electrons. The number of carboxylic acids is 1. The molecular weight excluding hydrogens is 448 g/mol. The molecule has 188 valence electrons. The van der Waals surface area contributed by atoms with Crippen LogP contribution in [0.15, 0.2) is 28.8 Å². The largest absolute Gasteiger partial charge is 0.481 e. The minimum atomic E-state index is -0.794. The maximum atomic E-state index is 12.5. The van der Waals surface area contributed by atoms with E-state index in [1.54, 1.807) is 11.9 Å². The Balaban J connectivity index is 1.25. The Morgan fingerprint density at radius 3 is 2.46 bits per heavy atom.